The Morgan fingerprint density at radius 2 is 1.88 bits per heavy atom. The Morgan fingerprint density at radius 1 is 1.28 bits per heavy atom. The van der Waals surface area contributed by atoms with Crippen LogP contribution < -0.4 is 10.6 Å². The van der Waals surface area contributed by atoms with E-state index in [1.54, 1.807) is 13.8 Å². The van der Waals surface area contributed by atoms with Crippen LogP contribution in [-0.4, -0.2) is 38.1 Å². The van der Waals surface area contributed by atoms with Crippen LogP contribution in [0.15, 0.2) is 0 Å². The number of amides is 1. The number of carbonyl (C=O) groups is 2. The zero-order valence-electron chi connectivity index (χ0n) is 13.8. The summed E-state index contributed by atoms with van der Waals surface area (Å²) in [5.41, 5.74) is -3.09. The number of carbonyl (C=O) groups excluding carboxylic acids is 2. The van der Waals surface area contributed by atoms with Gasteiger partial charge in [0, 0.05) is 4.88 Å². The van der Waals surface area contributed by atoms with Crippen LogP contribution in [0.3, 0.4) is 0 Å². The Kier molecular flexibility index (Phi) is 6.26. The second-order valence-electron chi connectivity index (χ2n) is 4.79. The van der Waals surface area contributed by atoms with Crippen molar-refractivity contribution in [3.05, 3.63) is 16.0 Å². The number of alkyl carbamates (subject to hydrolysis) is 1. The smallest absolute Gasteiger partial charge is 0.442 e. The van der Waals surface area contributed by atoms with Crippen molar-refractivity contribution in [3.63, 3.8) is 0 Å². The lowest BCUT2D eigenvalue weighted by Crippen LogP contribution is -2.69. The number of halogens is 3. The summed E-state index contributed by atoms with van der Waals surface area (Å²) in [6, 6.07) is 1.82. The minimum Gasteiger partial charge on any atom is -0.466 e. The summed E-state index contributed by atoms with van der Waals surface area (Å²) in [6.07, 6.45) is -6.38. The van der Waals surface area contributed by atoms with Gasteiger partial charge in [-0.3, -0.25) is 5.32 Å². The zero-order chi connectivity index (χ0) is 19.4. The van der Waals surface area contributed by atoms with E-state index in [-0.39, 0.29) is 10.6 Å². The van der Waals surface area contributed by atoms with E-state index in [1.165, 1.54) is 5.32 Å². The van der Waals surface area contributed by atoms with Gasteiger partial charge in [-0.15, -0.1) is 11.3 Å². The Labute approximate surface area is 145 Å². The van der Waals surface area contributed by atoms with Crippen molar-refractivity contribution >= 4 is 28.4 Å². The molecule has 0 aromatic carbocycles. The van der Waals surface area contributed by atoms with Crippen molar-refractivity contribution in [1.29, 1.82) is 5.26 Å². The van der Waals surface area contributed by atoms with Gasteiger partial charge in [-0.1, -0.05) is 6.92 Å². The molecule has 1 amide bonds. The third-order valence-electron chi connectivity index (χ3n) is 3.37. The average Bonchev–Trinajstić information content (AvgIpc) is 2.86. The van der Waals surface area contributed by atoms with Gasteiger partial charge in [0.15, 0.2) is 0 Å². The van der Waals surface area contributed by atoms with Crippen LogP contribution in [0.5, 0.6) is 0 Å². The lowest BCUT2D eigenvalue weighted by molar-refractivity contribution is -0.203. The van der Waals surface area contributed by atoms with Gasteiger partial charge < -0.3 is 14.8 Å². The van der Waals surface area contributed by atoms with Crippen LogP contribution in [0.1, 0.15) is 22.9 Å². The van der Waals surface area contributed by atoms with E-state index in [0.29, 0.717) is 16.9 Å². The molecule has 138 valence electrons. The fourth-order valence-electron chi connectivity index (χ4n) is 2.13. The molecule has 1 aromatic rings. The first-order chi connectivity index (χ1) is 11.6. The Morgan fingerprint density at radius 3 is 2.28 bits per heavy atom. The molecule has 0 aliphatic carbocycles. The van der Waals surface area contributed by atoms with Gasteiger partial charge in [0.2, 0.25) is 0 Å². The Bertz CT molecular complexity index is 711. The van der Waals surface area contributed by atoms with E-state index in [2.05, 4.69) is 9.47 Å². The van der Waals surface area contributed by atoms with Gasteiger partial charge in [0.1, 0.15) is 11.1 Å². The number of methoxy groups -OCH3 is 2. The molecule has 11 heteroatoms. The van der Waals surface area contributed by atoms with Gasteiger partial charge in [0.25, 0.3) is 0 Å². The van der Waals surface area contributed by atoms with Gasteiger partial charge in [-0.05, 0) is 18.9 Å². The Balaban J connectivity index is 3.57. The number of hydrogen-bond donors (Lipinski definition) is 2. The number of nitrogens with one attached hydrogen (secondary N) is 2. The van der Waals surface area contributed by atoms with Gasteiger partial charge in [0.05, 0.1) is 19.8 Å². The number of aryl methyl sites for hydroxylation is 1. The highest BCUT2D eigenvalue weighted by Crippen LogP contribution is 2.39. The molecule has 7 nitrogen and oxygen atoms in total. The molecule has 0 bridgehead atoms. The molecular weight excluding hydrogens is 363 g/mol. The molecule has 1 rings (SSSR count). The molecule has 1 aromatic heterocycles. The molecule has 0 unspecified atom stereocenters. The van der Waals surface area contributed by atoms with Crippen LogP contribution >= 0.6 is 11.3 Å². The lowest BCUT2D eigenvalue weighted by atomic mass is 10.1. The number of rotatable bonds is 5. The van der Waals surface area contributed by atoms with Crippen molar-refractivity contribution < 1.29 is 32.2 Å². The summed E-state index contributed by atoms with van der Waals surface area (Å²) in [4.78, 5) is 24.0. The highest BCUT2D eigenvalue weighted by atomic mass is 32.1. The quantitative estimate of drug-likeness (QED) is 0.603. The predicted octanol–water partition coefficient (Wildman–Crippen LogP) is 2.69. The topological polar surface area (TPSA) is 100 Å². The third-order valence-corrected chi connectivity index (χ3v) is 4.43. The number of ether oxygens (including phenoxy) is 2. The number of hydrogen-bond acceptors (Lipinski definition) is 7. The minimum atomic E-state index is -5.29. The molecule has 25 heavy (non-hydrogen) atoms. The molecule has 0 aliphatic rings. The molecule has 0 saturated carbocycles. The third kappa shape index (κ3) is 3.79. The summed E-state index contributed by atoms with van der Waals surface area (Å²) in [6.45, 7) is 3.38. The second-order valence-corrected chi connectivity index (χ2v) is 6.01. The van der Waals surface area contributed by atoms with Crippen molar-refractivity contribution in [3.8, 4) is 6.07 Å². The Hall–Kier alpha value is -2.48. The summed E-state index contributed by atoms with van der Waals surface area (Å²) < 4.78 is 49.5. The van der Waals surface area contributed by atoms with Crippen LogP contribution in [-0.2, 0) is 20.7 Å². The maximum Gasteiger partial charge on any atom is 0.442 e. The first-order valence-corrected chi connectivity index (χ1v) is 7.71. The maximum absolute atomic E-state index is 13.7. The molecule has 1 heterocycles. The largest absolute Gasteiger partial charge is 0.466 e. The van der Waals surface area contributed by atoms with E-state index >= 15 is 0 Å². The summed E-state index contributed by atoms with van der Waals surface area (Å²) in [5, 5.41) is 12.5. The van der Waals surface area contributed by atoms with Crippen LogP contribution in [0.2, 0.25) is 0 Å². The van der Waals surface area contributed by atoms with Crippen molar-refractivity contribution in [2.45, 2.75) is 32.1 Å². The molecule has 2 N–H and O–H groups in total. The molecular formula is C14H16F3N3O4S. The second kappa shape index (κ2) is 7.60. The van der Waals surface area contributed by atoms with Crippen molar-refractivity contribution in [2.75, 3.05) is 19.5 Å². The average molecular weight is 379 g/mol. The summed E-state index contributed by atoms with van der Waals surface area (Å²) >= 11 is 0.862. The highest BCUT2D eigenvalue weighted by Gasteiger charge is 2.64. The minimum absolute atomic E-state index is 0.0332. The number of alkyl halides is 3. The fraction of sp³-hybridized carbons (Fsp3) is 0.500. The monoisotopic (exact) mass is 379 g/mol. The molecule has 1 atom stereocenters. The van der Waals surface area contributed by atoms with Crippen LogP contribution in [0.4, 0.5) is 23.0 Å². The molecule has 0 spiro atoms. The summed E-state index contributed by atoms with van der Waals surface area (Å²) in [5.74, 6) is -1.81. The first kappa shape index (κ1) is 20.6. The van der Waals surface area contributed by atoms with E-state index in [1.807, 2.05) is 11.4 Å². The molecule has 0 saturated heterocycles. The number of nitrogens with zero attached hydrogens (tertiary/aromatic N) is 1. The van der Waals surface area contributed by atoms with E-state index in [0.717, 1.165) is 25.6 Å². The van der Waals surface area contributed by atoms with Gasteiger partial charge in [-0.2, -0.15) is 18.4 Å². The summed E-state index contributed by atoms with van der Waals surface area (Å²) in [7, 11) is 1.59. The predicted molar refractivity (Wildman–Crippen MR) is 83.1 cm³/mol. The van der Waals surface area contributed by atoms with E-state index in [9.17, 15) is 28.0 Å². The first-order valence-electron chi connectivity index (χ1n) is 6.89. The van der Waals surface area contributed by atoms with E-state index in [4.69, 9.17) is 0 Å². The van der Waals surface area contributed by atoms with Crippen molar-refractivity contribution in [1.82, 2.24) is 5.32 Å². The maximum atomic E-state index is 13.7. The lowest BCUT2D eigenvalue weighted by Gasteiger charge is -2.34. The molecule has 0 radical (unpaired) electrons. The van der Waals surface area contributed by atoms with Crippen molar-refractivity contribution in [2.24, 2.45) is 0 Å². The van der Waals surface area contributed by atoms with Crippen LogP contribution in [0, 0.1) is 18.3 Å². The van der Waals surface area contributed by atoms with Gasteiger partial charge in [-0.25, -0.2) is 9.59 Å². The molecule has 0 fully saturated rings. The number of esters is 1. The molecule has 0 aliphatic heterocycles. The van der Waals surface area contributed by atoms with Crippen LogP contribution in [0.25, 0.3) is 0 Å². The number of nitriles is 1. The van der Waals surface area contributed by atoms with Gasteiger partial charge >= 0.3 is 23.9 Å². The fourth-order valence-corrected chi connectivity index (χ4v) is 3.28. The highest BCUT2D eigenvalue weighted by molar-refractivity contribution is 7.16. The zero-order valence-corrected chi connectivity index (χ0v) is 14.6. The van der Waals surface area contributed by atoms with E-state index < -0.39 is 23.9 Å². The SMILES string of the molecule is CCc1c(C)sc(N[C@@](NC(=O)OC)(C(=O)OC)C(F)(F)F)c1C#N. The standard InChI is InChI=1S/C14H16F3N3O4S/c1-5-8-7(2)25-10(9(8)6-18)19-13(11(21)23-3,14(15,16)17)20-12(22)24-4/h19H,5H2,1-4H3,(H,20,22)/t13-/m1/s1. The number of thiophene rings is 1. The normalized spacial score (nSPS) is 13.4. The number of anilines is 1.